The molecule has 0 spiro atoms. The summed E-state index contributed by atoms with van der Waals surface area (Å²) >= 11 is 0. The van der Waals surface area contributed by atoms with Crippen molar-refractivity contribution in [3.63, 3.8) is 0 Å². The summed E-state index contributed by atoms with van der Waals surface area (Å²) in [6.07, 6.45) is 0. The molecular formula is C16H16N2. The van der Waals surface area contributed by atoms with Crippen LogP contribution in [0.1, 0.15) is 11.1 Å². The fourth-order valence-corrected chi connectivity index (χ4v) is 2.36. The van der Waals surface area contributed by atoms with Gasteiger partial charge in [-0.1, -0.05) is 29.8 Å². The van der Waals surface area contributed by atoms with Crippen molar-refractivity contribution in [3.05, 3.63) is 53.6 Å². The van der Waals surface area contributed by atoms with Crippen LogP contribution in [0.4, 0.5) is 0 Å². The molecule has 0 fully saturated rings. The number of imidazole rings is 1. The second-order valence-corrected chi connectivity index (χ2v) is 4.80. The zero-order valence-electron chi connectivity index (χ0n) is 10.9. The quantitative estimate of drug-likeness (QED) is 0.627. The zero-order chi connectivity index (χ0) is 12.7. The minimum atomic E-state index is 1.04. The molecule has 2 aromatic carbocycles. The van der Waals surface area contributed by atoms with Crippen molar-refractivity contribution in [1.82, 2.24) is 9.55 Å². The molecule has 0 saturated heterocycles. The lowest BCUT2D eigenvalue weighted by Gasteiger charge is -2.07. The first-order valence-corrected chi connectivity index (χ1v) is 6.16. The lowest BCUT2D eigenvalue weighted by Crippen LogP contribution is -1.94. The van der Waals surface area contributed by atoms with Gasteiger partial charge in [0.05, 0.1) is 11.0 Å². The SMILES string of the molecule is Cc1ccc(C)c(-c2nc3ccccc3n2C)c1. The lowest BCUT2D eigenvalue weighted by molar-refractivity contribution is 0.957. The van der Waals surface area contributed by atoms with Crippen molar-refractivity contribution >= 4 is 11.0 Å². The Labute approximate surface area is 107 Å². The first-order valence-electron chi connectivity index (χ1n) is 6.16. The van der Waals surface area contributed by atoms with Crippen molar-refractivity contribution in [2.24, 2.45) is 7.05 Å². The molecule has 0 amide bonds. The highest BCUT2D eigenvalue weighted by molar-refractivity contribution is 5.81. The van der Waals surface area contributed by atoms with Gasteiger partial charge in [-0.2, -0.15) is 0 Å². The van der Waals surface area contributed by atoms with E-state index in [1.807, 2.05) is 6.07 Å². The maximum Gasteiger partial charge on any atom is 0.141 e. The summed E-state index contributed by atoms with van der Waals surface area (Å²) in [5, 5.41) is 0. The predicted octanol–water partition coefficient (Wildman–Crippen LogP) is 3.86. The Balaban J connectivity index is 2.31. The number of hydrogen-bond acceptors (Lipinski definition) is 1. The first-order chi connectivity index (χ1) is 8.66. The first kappa shape index (κ1) is 11.0. The van der Waals surface area contributed by atoms with Crippen molar-refractivity contribution in [3.8, 4) is 11.4 Å². The van der Waals surface area contributed by atoms with E-state index in [2.05, 4.69) is 61.9 Å². The average Bonchev–Trinajstić information content (AvgIpc) is 2.71. The van der Waals surface area contributed by atoms with Gasteiger partial charge in [0.2, 0.25) is 0 Å². The molecule has 1 heterocycles. The Morgan fingerprint density at radius 3 is 2.56 bits per heavy atom. The number of hydrogen-bond donors (Lipinski definition) is 0. The van der Waals surface area contributed by atoms with Crippen molar-refractivity contribution in [1.29, 1.82) is 0 Å². The van der Waals surface area contributed by atoms with E-state index in [-0.39, 0.29) is 0 Å². The summed E-state index contributed by atoms with van der Waals surface area (Å²) in [5.74, 6) is 1.04. The molecule has 90 valence electrons. The van der Waals surface area contributed by atoms with E-state index in [4.69, 9.17) is 4.98 Å². The molecule has 0 saturated carbocycles. The van der Waals surface area contributed by atoms with Crippen LogP contribution in [0.25, 0.3) is 22.4 Å². The molecule has 2 heteroatoms. The summed E-state index contributed by atoms with van der Waals surface area (Å²) in [5.41, 5.74) is 5.97. The number of aryl methyl sites for hydroxylation is 3. The molecule has 2 nitrogen and oxygen atoms in total. The third kappa shape index (κ3) is 1.61. The average molecular weight is 236 g/mol. The highest BCUT2D eigenvalue weighted by Gasteiger charge is 2.11. The maximum absolute atomic E-state index is 4.75. The number of nitrogens with zero attached hydrogens (tertiary/aromatic N) is 2. The van der Waals surface area contributed by atoms with Gasteiger partial charge in [-0.3, -0.25) is 0 Å². The van der Waals surface area contributed by atoms with Crippen LogP contribution < -0.4 is 0 Å². The summed E-state index contributed by atoms with van der Waals surface area (Å²) in [6, 6.07) is 14.8. The van der Waals surface area contributed by atoms with Crippen LogP contribution in [0.3, 0.4) is 0 Å². The van der Waals surface area contributed by atoms with Crippen LogP contribution in [0.2, 0.25) is 0 Å². The highest BCUT2D eigenvalue weighted by Crippen LogP contribution is 2.26. The standard InChI is InChI=1S/C16H16N2/c1-11-8-9-12(2)13(10-11)16-17-14-6-4-5-7-15(14)18(16)3/h4-10H,1-3H3. The van der Waals surface area contributed by atoms with E-state index >= 15 is 0 Å². The van der Waals surface area contributed by atoms with Gasteiger partial charge in [-0.25, -0.2) is 4.98 Å². The Morgan fingerprint density at radius 1 is 1.00 bits per heavy atom. The van der Waals surface area contributed by atoms with Crippen molar-refractivity contribution < 1.29 is 0 Å². The zero-order valence-corrected chi connectivity index (χ0v) is 10.9. The number of rotatable bonds is 1. The normalized spacial score (nSPS) is 11.1. The van der Waals surface area contributed by atoms with Crippen LogP contribution in [-0.4, -0.2) is 9.55 Å². The fraction of sp³-hybridized carbons (Fsp3) is 0.188. The summed E-state index contributed by atoms with van der Waals surface area (Å²) in [6.45, 7) is 4.25. The molecule has 0 N–H and O–H groups in total. The third-order valence-corrected chi connectivity index (χ3v) is 3.42. The van der Waals surface area contributed by atoms with Crippen molar-refractivity contribution in [2.45, 2.75) is 13.8 Å². The Kier molecular flexibility index (Phi) is 2.44. The number of para-hydroxylation sites is 2. The van der Waals surface area contributed by atoms with E-state index in [0.29, 0.717) is 0 Å². The second-order valence-electron chi connectivity index (χ2n) is 4.80. The molecule has 18 heavy (non-hydrogen) atoms. The van der Waals surface area contributed by atoms with Gasteiger partial charge >= 0.3 is 0 Å². The summed E-state index contributed by atoms with van der Waals surface area (Å²) in [4.78, 5) is 4.75. The molecule has 0 aliphatic carbocycles. The minimum absolute atomic E-state index is 1.04. The molecule has 3 aromatic rings. The molecule has 0 unspecified atom stereocenters. The van der Waals surface area contributed by atoms with Gasteiger partial charge in [0.15, 0.2) is 0 Å². The Bertz CT molecular complexity index is 723. The molecule has 0 aliphatic heterocycles. The predicted molar refractivity (Wildman–Crippen MR) is 75.6 cm³/mol. The summed E-state index contributed by atoms with van der Waals surface area (Å²) in [7, 11) is 2.08. The largest absolute Gasteiger partial charge is 0.327 e. The van der Waals surface area contributed by atoms with E-state index in [9.17, 15) is 0 Å². The van der Waals surface area contributed by atoms with Gasteiger partial charge in [0.25, 0.3) is 0 Å². The molecule has 0 aliphatic rings. The lowest BCUT2D eigenvalue weighted by atomic mass is 10.1. The monoisotopic (exact) mass is 236 g/mol. The number of fused-ring (bicyclic) bond motifs is 1. The summed E-state index contributed by atoms with van der Waals surface area (Å²) < 4.78 is 2.16. The van der Waals surface area contributed by atoms with Crippen LogP contribution >= 0.6 is 0 Å². The molecule has 3 rings (SSSR count). The molecular weight excluding hydrogens is 220 g/mol. The van der Waals surface area contributed by atoms with Gasteiger partial charge < -0.3 is 4.57 Å². The molecule has 1 aromatic heterocycles. The third-order valence-electron chi connectivity index (χ3n) is 3.42. The van der Waals surface area contributed by atoms with Crippen LogP contribution in [0, 0.1) is 13.8 Å². The van der Waals surface area contributed by atoms with Crippen LogP contribution in [-0.2, 0) is 7.05 Å². The fourth-order valence-electron chi connectivity index (χ4n) is 2.36. The molecule has 0 radical (unpaired) electrons. The number of aromatic nitrogens is 2. The minimum Gasteiger partial charge on any atom is -0.327 e. The van der Waals surface area contributed by atoms with E-state index in [0.717, 1.165) is 11.3 Å². The molecule has 0 atom stereocenters. The van der Waals surface area contributed by atoms with E-state index < -0.39 is 0 Å². The van der Waals surface area contributed by atoms with Crippen LogP contribution in [0.5, 0.6) is 0 Å². The van der Waals surface area contributed by atoms with Gasteiger partial charge in [0.1, 0.15) is 5.82 Å². The highest BCUT2D eigenvalue weighted by atomic mass is 15.1. The second kappa shape index (κ2) is 3.98. The van der Waals surface area contributed by atoms with Gasteiger partial charge in [-0.05, 0) is 37.6 Å². The van der Waals surface area contributed by atoms with Gasteiger partial charge in [-0.15, -0.1) is 0 Å². The topological polar surface area (TPSA) is 17.8 Å². The maximum atomic E-state index is 4.75. The Morgan fingerprint density at radius 2 is 1.78 bits per heavy atom. The number of benzene rings is 2. The molecule has 0 bridgehead atoms. The van der Waals surface area contributed by atoms with Gasteiger partial charge in [0, 0.05) is 12.6 Å². The van der Waals surface area contributed by atoms with Crippen LogP contribution in [0.15, 0.2) is 42.5 Å². The Hall–Kier alpha value is -2.09. The van der Waals surface area contributed by atoms with E-state index in [1.165, 1.54) is 22.2 Å². The smallest absolute Gasteiger partial charge is 0.141 e. The van der Waals surface area contributed by atoms with E-state index in [1.54, 1.807) is 0 Å². The van der Waals surface area contributed by atoms with Crippen molar-refractivity contribution in [2.75, 3.05) is 0 Å².